The Morgan fingerprint density at radius 3 is 2.35 bits per heavy atom. The number of anilines is 2. The fourth-order valence-electron chi connectivity index (χ4n) is 1.41. The molecule has 10 heteroatoms. The maximum absolute atomic E-state index is 11.7. The molecule has 1 aromatic carbocycles. The number of nitrogens with one attached hydrogen (secondary N) is 3. The van der Waals surface area contributed by atoms with Gasteiger partial charge in [-0.1, -0.05) is 0 Å². The van der Waals surface area contributed by atoms with Crippen molar-refractivity contribution >= 4 is 31.4 Å². The van der Waals surface area contributed by atoms with Crippen LogP contribution in [0.25, 0.3) is 0 Å². The van der Waals surface area contributed by atoms with Crippen molar-refractivity contribution in [1.82, 2.24) is 9.44 Å². The fourth-order valence-corrected chi connectivity index (χ4v) is 2.64. The minimum atomic E-state index is -3.55. The van der Waals surface area contributed by atoms with Crippen molar-refractivity contribution in [3.63, 3.8) is 0 Å². The van der Waals surface area contributed by atoms with E-state index in [-0.39, 0.29) is 18.0 Å². The molecule has 5 N–H and O–H groups in total. The summed E-state index contributed by atoms with van der Waals surface area (Å²) >= 11 is 0. The lowest BCUT2D eigenvalue weighted by molar-refractivity contribution is 0.587. The number of hydrogen-bond donors (Lipinski definition) is 4. The van der Waals surface area contributed by atoms with Crippen molar-refractivity contribution < 1.29 is 16.8 Å². The van der Waals surface area contributed by atoms with Gasteiger partial charge in [0.15, 0.2) is 0 Å². The molecule has 8 nitrogen and oxygen atoms in total. The smallest absolute Gasteiger partial charge is 0.240 e. The molecule has 0 heterocycles. The summed E-state index contributed by atoms with van der Waals surface area (Å²) in [7, 11) is -5.49. The number of rotatable bonds is 7. The van der Waals surface area contributed by atoms with E-state index in [2.05, 4.69) is 14.8 Å². The van der Waals surface area contributed by atoms with Crippen molar-refractivity contribution in [2.45, 2.75) is 4.90 Å². The van der Waals surface area contributed by atoms with Crippen LogP contribution < -0.4 is 20.5 Å². The van der Waals surface area contributed by atoms with E-state index in [0.29, 0.717) is 11.4 Å². The average molecular weight is 322 g/mol. The van der Waals surface area contributed by atoms with Crippen molar-refractivity contribution in [2.24, 2.45) is 0 Å². The van der Waals surface area contributed by atoms with E-state index in [1.165, 1.54) is 25.2 Å². The molecule has 20 heavy (non-hydrogen) atoms. The van der Waals surface area contributed by atoms with Crippen LogP contribution in [0.5, 0.6) is 0 Å². The molecule has 0 amide bonds. The summed E-state index contributed by atoms with van der Waals surface area (Å²) in [4.78, 5) is 0.0766. The lowest BCUT2D eigenvalue weighted by atomic mass is 10.2. The maximum atomic E-state index is 11.7. The van der Waals surface area contributed by atoms with Gasteiger partial charge in [0.2, 0.25) is 20.0 Å². The van der Waals surface area contributed by atoms with E-state index >= 15 is 0 Å². The molecule has 0 saturated carbocycles. The molecular formula is C10H18N4O4S2. The quantitative estimate of drug-likeness (QED) is 0.382. The Balaban J connectivity index is 2.78. The molecular weight excluding hydrogens is 304 g/mol. The van der Waals surface area contributed by atoms with Crippen molar-refractivity contribution in [1.29, 1.82) is 0 Å². The second-order valence-electron chi connectivity index (χ2n) is 4.05. The average Bonchev–Trinajstić information content (AvgIpc) is 2.35. The summed E-state index contributed by atoms with van der Waals surface area (Å²) in [6, 6.07) is 4.25. The van der Waals surface area contributed by atoms with Crippen molar-refractivity contribution in [3.8, 4) is 0 Å². The number of nitrogens with two attached hydrogens (primary N) is 1. The maximum Gasteiger partial charge on any atom is 0.240 e. The van der Waals surface area contributed by atoms with Crippen LogP contribution in [0.2, 0.25) is 0 Å². The zero-order chi connectivity index (χ0) is 15.4. The van der Waals surface area contributed by atoms with E-state index in [1.54, 1.807) is 0 Å². The molecule has 0 aliphatic heterocycles. The highest BCUT2D eigenvalue weighted by Gasteiger charge is 2.13. The summed E-state index contributed by atoms with van der Waals surface area (Å²) in [5.74, 6) is 0. The van der Waals surface area contributed by atoms with E-state index in [4.69, 9.17) is 5.73 Å². The highest BCUT2D eigenvalue weighted by Crippen LogP contribution is 2.22. The van der Waals surface area contributed by atoms with Gasteiger partial charge in [0, 0.05) is 13.1 Å². The van der Waals surface area contributed by atoms with Gasteiger partial charge in [-0.05, 0) is 25.2 Å². The van der Waals surface area contributed by atoms with Gasteiger partial charge in [0.05, 0.1) is 22.5 Å². The third kappa shape index (κ3) is 4.96. The molecule has 0 aliphatic rings. The van der Waals surface area contributed by atoms with E-state index in [9.17, 15) is 16.8 Å². The summed E-state index contributed by atoms with van der Waals surface area (Å²) in [6.45, 7) is 0.446. The Morgan fingerprint density at radius 1 is 1.15 bits per heavy atom. The molecule has 0 aromatic heterocycles. The van der Waals surface area contributed by atoms with Crippen LogP contribution in [0.15, 0.2) is 23.1 Å². The van der Waals surface area contributed by atoms with Gasteiger partial charge >= 0.3 is 0 Å². The summed E-state index contributed by atoms with van der Waals surface area (Å²) < 4.78 is 49.6. The first-order valence-corrected chi connectivity index (χ1v) is 9.05. The van der Waals surface area contributed by atoms with Crippen LogP contribution in [0.1, 0.15) is 0 Å². The van der Waals surface area contributed by atoms with E-state index in [0.717, 1.165) is 6.26 Å². The van der Waals surface area contributed by atoms with Crippen LogP contribution in [-0.2, 0) is 20.0 Å². The predicted octanol–water partition coefficient (Wildman–Crippen LogP) is -0.862. The first-order valence-electron chi connectivity index (χ1n) is 5.67. The second-order valence-corrected chi connectivity index (χ2v) is 7.77. The van der Waals surface area contributed by atoms with Gasteiger partial charge in [0.25, 0.3) is 0 Å². The highest BCUT2D eigenvalue weighted by molar-refractivity contribution is 7.89. The monoisotopic (exact) mass is 322 g/mol. The predicted molar refractivity (Wildman–Crippen MR) is 78.4 cm³/mol. The Hall–Kier alpha value is -1.36. The van der Waals surface area contributed by atoms with Crippen molar-refractivity contribution in [3.05, 3.63) is 18.2 Å². The van der Waals surface area contributed by atoms with Gasteiger partial charge < -0.3 is 11.1 Å². The Labute approximate surface area is 118 Å². The zero-order valence-electron chi connectivity index (χ0n) is 11.2. The van der Waals surface area contributed by atoms with Gasteiger partial charge in [0.1, 0.15) is 0 Å². The number of nitrogen functional groups attached to an aromatic ring is 1. The first-order chi connectivity index (χ1) is 9.15. The Bertz CT molecular complexity index is 670. The third-order valence-electron chi connectivity index (χ3n) is 2.41. The molecule has 1 aromatic rings. The molecule has 0 fully saturated rings. The Morgan fingerprint density at radius 2 is 1.80 bits per heavy atom. The number of hydrogen-bond acceptors (Lipinski definition) is 6. The summed E-state index contributed by atoms with van der Waals surface area (Å²) in [5.41, 5.74) is 6.53. The summed E-state index contributed by atoms with van der Waals surface area (Å²) in [5, 5.41) is 2.88. The van der Waals surface area contributed by atoms with Gasteiger partial charge in [-0.3, -0.25) is 0 Å². The SMILES string of the molecule is CNS(=O)(=O)c1ccc(N)c(NCCNS(C)(=O)=O)c1. The third-order valence-corrected chi connectivity index (χ3v) is 4.55. The molecule has 0 unspecified atom stereocenters. The van der Waals surface area contributed by atoms with E-state index < -0.39 is 20.0 Å². The summed E-state index contributed by atoms with van der Waals surface area (Å²) in [6.07, 6.45) is 1.06. The first kappa shape index (κ1) is 16.7. The van der Waals surface area contributed by atoms with E-state index in [1.807, 2.05) is 0 Å². The van der Waals surface area contributed by atoms with Crippen LogP contribution in [0.3, 0.4) is 0 Å². The van der Waals surface area contributed by atoms with Crippen LogP contribution in [-0.4, -0.2) is 43.2 Å². The molecule has 0 aliphatic carbocycles. The molecule has 0 atom stereocenters. The van der Waals surface area contributed by atoms with Gasteiger partial charge in [-0.25, -0.2) is 26.3 Å². The lowest BCUT2D eigenvalue weighted by Crippen LogP contribution is -2.27. The lowest BCUT2D eigenvalue weighted by Gasteiger charge is -2.11. The zero-order valence-corrected chi connectivity index (χ0v) is 12.8. The van der Waals surface area contributed by atoms with Gasteiger partial charge in [-0.2, -0.15) is 0 Å². The molecule has 114 valence electrons. The minimum absolute atomic E-state index is 0.0766. The molecule has 0 spiro atoms. The van der Waals surface area contributed by atoms with Gasteiger partial charge in [-0.15, -0.1) is 0 Å². The number of benzene rings is 1. The van der Waals surface area contributed by atoms with Crippen LogP contribution in [0, 0.1) is 0 Å². The fraction of sp³-hybridized carbons (Fsp3) is 0.400. The van der Waals surface area contributed by atoms with Crippen LogP contribution in [0.4, 0.5) is 11.4 Å². The largest absolute Gasteiger partial charge is 0.397 e. The standard InChI is InChI=1S/C10H18N4O4S2/c1-12-20(17,18)8-3-4-9(11)10(7-8)13-5-6-14-19(2,15)16/h3-4,7,12-14H,5-6,11H2,1-2H3. The minimum Gasteiger partial charge on any atom is -0.397 e. The molecule has 1 rings (SSSR count). The highest BCUT2D eigenvalue weighted by atomic mass is 32.2. The Kier molecular flexibility index (Phi) is 5.34. The molecule has 0 bridgehead atoms. The number of sulfonamides is 2. The topological polar surface area (TPSA) is 130 Å². The molecule has 0 saturated heterocycles. The molecule has 0 radical (unpaired) electrons. The second kappa shape index (κ2) is 6.39. The normalized spacial score (nSPS) is 12.3. The van der Waals surface area contributed by atoms with Crippen molar-refractivity contribution in [2.75, 3.05) is 37.4 Å². The van der Waals surface area contributed by atoms with Crippen LogP contribution >= 0.6 is 0 Å².